The van der Waals surface area contributed by atoms with Crippen molar-refractivity contribution in [1.82, 2.24) is 0 Å². The van der Waals surface area contributed by atoms with Gasteiger partial charge in [-0.25, -0.2) is 0 Å². The first kappa shape index (κ1) is 18.7. The van der Waals surface area contributed by atoms with Crippen LogP contribution in [0.2, 0.25) is 0 Å². The van der Waals surface area contributed by atoms with E-state index >= 15 is 0 Å². The summed E-state index contributed by atoms with van der Waals surface area (Å²) in [4.78, 5) is 21.2. The molecule has 27 heavy (non-hydrogen) atoms. The maximum absolute atomic E-state index is 10.8. The predicted molar refractivity (Wildman–Crippen MR) is 94.8 cm³/mol. The zero-order chi connectivity index (χ0) is 19.4. The molecule has 8 heteroatoms. The summed E-state index contributed by atoms with van der Waals surface area (Å²) >= 11 is 0. The van der Waals surface area contributed by atoms with Crippen molar-refractivity contribution >= 4 is 12.2 Å². The van der Waals surface area contributed by atoms with E-state index in [4.69, 9.17) is 18.9 Å². The highest BCUT2D eigenvalue weighted by atomic mass is 16.7. The van der Waals surface area contributed by atoms with Gasteiger partial charge in [-0.1, -0.05) is 12.1 Å². The van der Waals surface area contributed by atoms with Crippen LogP contribution in [0.3, 0.4) is 0 Å². The second-order valence-corrected chi connectivity index (χ2v) is 5.98. The van der Waals surface area contributed by atoms with Crippen molar-refractivity contribution in [2.75, 3.05) is 14.2 Å². The summed E-state index contributed by atoms with van der Waals surface area (Å²) in [5.41, 5.74) is 2.53. The fourth-order valence-electron chi connectivity index (χ4n) is 3.28. The molecule has 0 saturated heterocycles. The van der Waals surface area contributed by atoms with Crippen molar-refractivity contribution < 1.29 is 28.7 Å². The molecular weight excluding hydrogens is 354 g/mol. The summed E-state index contributed by atoms with van der Waals surface area (Å²) in [6.07, 6.45) is -0.456. The van der Waals surface area contributed by atoms with Crippen molar-refractivity contribution in [2.45, 2.75) is 25.2 Å². The molecule has 2 atom stereocenters. The van der Waals surface area contributed by atoms with Gasteiger partial charge in [0, 0.05) is 36.1 Å². The van der Waals surface area contributed by atoms with E-state index in [9.17, 15) is 14.9 Å². The molecular formula is C19H19NO7. The third-order valence-electron chi connectivity index (χ3n) is 4.50. The lowest BCUT2D eigenvalue weighted by Crippen LogP contribution is -2.30. The number of nitrogens with zero attached hydrogens (tertiary/aromatic N) is 1. The Labute approximate surface area is 155 Å². The normalized spacial score (nSPS) is 18.3. The maximum atomic E-state index is 10.8. The molecule has 1 aliphatic heterocycles. The van der Waals surface area contributed by atoms with Gasteiger partial charge in [0.2, 0.25) is 6.29 Å². The molecule has 142 valence electrons. The van der Waals surface area contributed by atoms with Crippen molar-refractivity contribution in [3.63, 3.8) is 0 Å². The number of nitro groups is 1. The van der Waals surface area contributed by atoms with E-state index in [1.807, 2.05) is 0 Å². The smallest absolute Gasteiger partial charge is 0.295 e. The zero-order valence-corrected chi connectivity index (χ0v) is 14.9. The molecule has 0 bridgehead atoms. The first-order valence-corrected chi connectivity index (χ1v) is 8.29. The summed E-state index contributed by atoms with van der Waals surface area (Å²) in [5.74, 6) is 1.30. The van der Waals surface area contributed by atoms with Gasteiger partial charge in [-0.2, -0.15) is 0 Å². The van der Waals surface area contributed by atoms with Crippen molar-refractivity contribution in [3.05, 3.63) is 63.2 Å². The van der Waals surface area contributed by atoms with Crippen LogP contribution >= 0.6 is 0 Å². The minimum Gasteiger partial charge on any atom is -0.496 e. The Hall–Kier alpha value is -3.13. The fourth-order valence-corrected chi connectivity index (χ4v) is 3.28. The minimum absolute atomic E-state index is 0.0186. The van der Waals surface area contributed by atoms with E-state index in [1.165, 1.54) is 12.1 Å². The van der Waals surface area contributed by atoms with Crippen LogP contribution in [0, 0.1) is 10.1 Å². The average Bonchev–Trinajstić information content (AvgIpc) is 2.67. The van der Waals surface area contributed by atoms with Gasteiger partial charge in [0.25, 0.3) is 12.2 Å². The minimum atomic E-state index is -0.751. The number of ether oxygens (including phenoxy) is 4. The summed E-state index contributed by atoms with van der Waals surface area (Å²) in [5, 5.41) is 10.8. The van der Waals surface area contributed by atoms with Crippen molar-refractivity contribution in [2.24, 2.45) is 0 Å². The number of non-ortho nitro benzene ring substituents is 1. The average molecular weight is 373 g/mol. The Balaban J connectivity index is 1.98. The molecule has 1 aliphatic rings. The topological polar surface area (TPSA) is 97.1 Å². The van der Waals surface area contributed by atoms with Gasteiger partial charge in [-0.3, -0.25) is 14.9 Å². The number of nitro benzene ring substituents is 1. The zero-order valence-electron chi connectivity index (χ0n) is 14.9. The number of carbonyl (C=O) groups is 1. The van der Waals surface area contributed by atoms with E-state index in [0.29, 0.717) is 30.8 Å². The highest BCUT2D eigenvalue weighted by Crippen LogP contribution is 2.43. The number of fused-ring (bicyclic) bond motifs is 1. The molecule has 1 heterocycles. The van der Waals surface area contributed by atoms with Crippen LogP contribution in [0.1, 0.15) is 22.8 Å². The first-order chi connectivity index (χ1) is 13.1. The molecule has 0 radical (unpaired) electrons. The van der Waals surface area contributed by atoms with Crippen molar-refractivity contribution in [3.8, 4) is 11.5 Å². The Bertz CT molecular complexity index is 835. The molecule has 0 amide bonds. The maximum Gasteiger partial charge on any atom is 0.295 e. The first-order valence-electron chi connectivity index (χ1n) is 8.29. The van der Waals surface area contributed by atoms with E-state index in [2.05, 4.69) is 0 Å². The lowest BCUT2D eigenvalue weighted by atomic mass is 9.91. The van der Waals surface area contributed by atoms with Gasteiger partial charge >= 0.3 is 0 Å². The van der Waals surface area contributed by atoms with Gasteiger partial charge in [-0.05, 0) is 17.7 Å². The Morgan fingerprint density at radius 2 is 1.81 bits per heavy atom. The van der Waals surface area contributed by atoms with E-state index in [0.717, 1.165) is 16.7 Å². The molecule has 0 spiro atoms. The van der Waals surface area contributed by atoms with E-state index < -0.39 is 17.3 Å². The quantitative estimate of drug-likeness (QED) is 0.418. The highest BCUT2D eigenvalue weighted by Gasteiger charge is 2.33. The van der Waals surface area contributed by atoms with Crippen LogP contribution < -0.4 is 9.47 Å². The molecule has 0 aromatic heterocycles. The molecule has 8 nitrogen and oxygen atoms in total. The number of methoxy groups -OCH3 is 2. The number of carbonyl (C=O) groups excluding carboxylic acids is 1. The van der Waals surface area contributed by atoms with Gasteiger partial charge < -0.3 is 18.9 Å². The molecule has 3 rings (SSSR count). The van der Waals surface area contributed by atoms with E-state index in [-0.39, 0.29) is 5.69 Å². The molecule has 0 saturated carbocycles. The Kier molecular flexibility index (Phi) is 5.56. The second kappa shape index (κ2) is 8.05. The largest absolute Gasteiger partial charge is 0.496 e. The van der Waals surface area contributed by atoms with Gasteiger partial charge in [0.15, 0.2) is 0 Å². The molecule has 0 N–H and O–H groups in total. The van der Waals surface area contributed by atoms with E-state index in [1.54, 1.807) is 38.5 Å². The number of benzene rings is 2. The lowest BCUT2D eigenvalue weighted by Gasteiger charge is -2.33. The van der Waals surface area contributed by atoms with Gasteiger partial charge in [0.05, 0.1) is 25.2 Å². The van der Waals surface area contributed by atoms with Crippen molar-refractivity contribution in [1.29, 1.82) is 0 Å². The standard InChI is InChI=1S/C19H19NO7/c1-24-15-7-8-16(25-2)19-14(15)10-18(26-11-21)27-17(19)9-12-3-5-13(6-4-12)20(22)23/h3-8,11,17-18H,9-10H2,1-2H3. The molecule has 0 fully saturated rings. The highest BCUT2D eigenvalue weighted by molar-refractivity contribution is 5.52. The van der Waals surface area contributed by atoms with Gasteiger partial charge in [0.1, 0.15) is 11.5 Å². The monoisotopic (exact) mass is 373 g/mol. The third-order valence-corrected chi connectivity index (χ3v) is 4.50. The molecule has 2 unspecified atom stereocenters. The summed E-state index contributed by atoms with van der Waals surface area (Å²) in [7, 11) is 3.14. The summed E-state index contributed by atoms with van der Waals surface area (Å²) < 4.78 is 21.9. The third kappa shape index (κ3) is 3.85. The van der Waals surface area contributed by atoms with Crippen LogP contribution in [0.4, 0.5) is 5.69 Å². The number of hydrogen-bond donors (Lipinski definition) is 0. The lowest BCUT2D eigenvalue weighted by molar-refractivity contribution is -0.384. The molecule has 2 aromatic rings. The molecule has 0 aliphatic carbocycles. The van der Waals surface area contributed by atoms with Crippen LogP contribution in [0.25, 0.3) is 0 Å². The van der Waals surface area contributed by atoms with Crippen LogP contribution in [-0.4, -0.2) is 31.9 Å². The summed E-state index contributed by atoms with van der Waals surface area (Å²) in [6.45, 7) is 0.352. The second-order valence-electron chi connectivity index (χ2n) is 5.98. The van der Waals surface area contributed by atoms with Crippen LogP contribution in [-0.2, 0) is 27.1 Å². The molecule has 2 aromatic carbocycles. The van der Waals surface area contributed by atoms with Crippen LogP contribution in [0.15, 0.2) is 36.4 Å². The number of rotatable bonds is 7. The number of hydrogen-bond acceptors (Lipinski definition) is 7. The Morgan fingerprint density at radius 3 is 2.41 bits per heavy atom. The summed E-state index contributed by atoms with van der Waals surface area (Å²) in [6, 6.07) is 9.84. The fraction of sp³-hybridized carbons (Fsp3) is 0.316. The Morgan fingerprint density at radius 1 is 1.15 bits per heavy atom. The van der Waals surface area contributed by atoms with Gasteiger partial charge in [-0.15, -0.1) is 0 Å². The predicted octanol–water partition coefficient (Wildman–Crippen LogP) is 2.97. The van der Waals surface area contributed by atoms with Crippen LogP contribution in [0.5, 0.6) is 11.5 Å². The SMILES string of the molecule is COc1ccc(OC)c2c1CC(OC=O)OC2Cc1ccc([N+](=O)[O-])cc1.